The van der Waals surface area contributed by atoms with Gasteiger partial charge in [-0.25, -0.2) is 0 Å². The van der Waals surface area contributed by atoms with Crippen LogP contribution in [0.3, 0.4) is 0 Å². The maximum atomic E-state index is 4.47. The normalized spacial score (nSPS) is 10.8. The highest BCUT2D eigenvalue weighted by molar-refractivity contribution is 9.10. The minimum atomic E-state index is 1.00. The summed E-state index contributed by atoms with van der Waals surface area (Å²) in [5.41, 5.74) is 2.12. The molecule has 2 nitrogen and oxygen atoms in total. The number of aromatic nitrogens is 2. The molecule has 0 saturated carbocycles. The summed E-state index contributed by atoms with van der Waals surface area (Å²) in [5.74, 6) is 0. The van der Waals surface area contributed by atoms with E-state index in [1.807, 2.05) is 36.8 Å². The summed E-state index contributed by atoms with van der Waals surface area (Å²) in [6.07, 6.45) is 5.88. The van der Waals surface area contributed by atoms with E-state index in [4.69, 9.17) is 0 Å². The first-order valence-electron chi connectivity index (χ1n) is 5.02. The Morgan fingerprint density at radius 2 is 1.88 bits per heavy atom. The van der Waals surface area contributed by atoms with Gasteiger partial charge in [0.15, 0.2) is 0 Å². The second kappa shape index (κ2) is 3.76. The zero-order chi connectivity index (χ0) is 11.0. The summed E-state index contributed by atoms with van der Waals surface area (Å²) in [6.45, 7) is 0. The topological polar surface area (TPSA) is 17.8 Å². The van der Waals surface area contributed by atoms with Gasteiger partial charge in [0.1, 0.15) is 0 Å². The molecule has 16 heavy (non-hydrogen) atoms. The summed E-state index contributed by atoms with van der Waals surface area (Å²) in [6, 6.07) is 12.3. The van der Waals surface area contributed by atoms with E-state index in [1.165, 1.54) is 0 Å². The van der Waals surface area contributed by atoms with Crippen LogP contribution in [-0.2, 0) is 0 Å². The van der Waals surface area contributed by atoms with Crippen LogP contribution >= 0.6 is 15.9 Å². The van der Waals surface area contributed by atoms with Gasteiger partial charge in [0, 0.05) is 28.4 Å². The monoisotopic (exact) mass is 272 g/mol. The van der Waals surface area contributed by atoms with Gasteiger partial charge in [0.25, 0.3) is 0 Å². The highest BCUT2D eigenvalue weighted by Crippen LogP contribution is 2.22. The van der Waals surface area contributed by atoms with Crippen LogP contribution in [0, 0.1) is 0 Å². The van der Waals surface area contributed by atoms with E-state index in [9.17, 15) is 0 Å². The van der Waals surface area contributed by atoms with Crippen LogP contribution in [0.1, 0.15) is 0 Å². The number of hydrogen-bond acceptors (Lipinski definition) is 1. The molecular weight excluding hydrogens is 264 g/mol. The van der Waals surface area contributed by atoms with E-state index in [0.717, 1.165) is 21.1 Å². The lowest BCUT2D eigenvalue weighted by molar-refractivity contribution is 1.08. The standard InChI is InChI=1S/C13H9BrN2/c14-11-8-10-4-3-5-12(13(10)15-9-11)16-6-1-2-7-16/h1-9H. The van der Waals surface area contributed by atoms with Crippen LogP contribution in [0.25, 0.3) is 16.6 Å². The number of nitrogens with zero attached hydrogens (tertiary/aromatic N) is 2. The van der Waals surface area contributed by atoms with Gasteiger partial charge in [-0.15, -0.1) is 0 Å². The molecule has 0 spiro atoms. The number of fused-ring (bicyclic) bond motifs is 1. The molecule has 0 saturated heterocycles. The van der Waals surface area contributed by atoms with Crippen molar-refractivity contribution >= 4 is 26.8 Å². The third-order valence-corrected chi connectivity index (χ3v) is 2.97. The van der Waals surface area contributed by atoms with E-state index < -0.39 is 0 Å². The maximum absolute atomic E-state index is 4.47. The third kappa shape index (κ3) is 1.53. The summed E-state index contributed by atoms with van der Waals surface area (Å²) in [7, 11) is 0. The predicted molar refractivity (Wildman–Crippen MR) is 68.8 cm³/mol. The van der Waals surface area contributed by atoms with Crippen molar-refractivity contribution in [2.75, 3.05) is 0 Å². The molecular formula is C13H9BrN2. The van der Waals surface area contributed by atoms with E-state index in [-0.39, 0.29) is 0 Å². The van der Waals surface area contributed by atoms with Crippen molar-refractivity contribution in [2.24, 2.45) is 0 Å². The second-order valence-corrected chi connectivity index (χ2v) is 4.51. The SMILES string of the molecule is Brc1cnc2c(-n3cccc3)cccc2c1. The molecule has 2 aromatic heterocycles. The van der Waals surface area contributed by atoms with Crippen molar-refractivity contribution in [3.05, 3.63) is 59.5 Å². The van der Waals surface area contributed by atoms with Crippen LogP contribution in [0.4, 0.5) is 0 Å². The predicted octanol–water partition coefficient (Wildman–Crippen LogP) is 3.79. The number of rotatable bonds is 1. The molecule has 1 aromatic carbocycles. The molecule has 78 valence electrons. The number of pyridine rings is 1. The minimum absolute atomic E-state index is 1.00. The van der Waals surface area contributed by atoms with E-state index in [2.05, 4.69) is 43.7 Å². The minimum Gasteiger partial charge on any atom is -0.322 e. The van der Waals surface area contributed by atoms with Crippen molar-refractivity contribution in [3.8, 4) is 5.69 Å². The molecule has 0 bridgehead atoms. The fourth-order valence-corrected chi connectivity index (χ4v) is 2.17. The van der Waals surface area contributed by atoms with Crippen molar-refractivity contribution in [1.82, 2.24) is 9.55 Å². The van der Waals surface area contributed by atoms with Crippen molar-refractivity contribution in [2.45, 2.75) is 0 Å². The maximum Gasteiger partial charge on any atom is 0.0942 e. The molecule has 0 unspecified atom stereocenters. The van der Waals surface area contributed by atoms with Crippen LogP contribution in [0.2, 0.25) is 0 Å². The molecule has 3 aromatic rings. The van der Waals surface area contributed by atoms with Crippen LogP contribution in [0.15, 0.2) is 59.5 Å². The number of hydrogen-bond donors (Lipinski definition) is 0. The smallest absolute Gasteiger partial charge is 0.0942 e. The van der Waals surface area contributed by atoms with Gasteiger partial charge in [-0.2, -0.15) is 0 Å². The molecule has 0 N–H and O–H groups in total. The molecule has 0 amide bonds. The molecule has 0 fully saturated rings. The Morgan fingerprint density at radius 3 is 2.69 bits per heavy atom. The van der Waals surface area contributed by atoms with Crippen LogP contribution < -0.4 is 0 Å². The van der Waals surface area contributed by atoms with Crippen molar-refractivity contribution in [3.63, 3.8) is 0 Å². The molecule has 0 aliphatic rings. The zero-order valence-electron chi connectivity index (χ0n) is 8.47. The lowest BCUT2D eigenvalue weighted by Gasteiger charge is -2.06. The molecule has 3 rings (SSSR count). The van der Waals surface area contributed by atoms with Gasteiger partial charge in [-0.3, -0.25) is 4.98 Å². The quantitative estimate of drug-likeness (QED) is 0.659. The van der Waals surface area contributed by atoms with Gasteiger partial charge in [0.05, 0.1) is 11.2 Å². The fourth-order valence-electron chi connectivity index (χ4n) is 1.82. The highest BCUT2D eigenvalue weighted by Gasteiger charge is 2.03. The number of para-hydroxylation sites is 1. The largest absolute Gasteiger partial charge is 0.322 e. The van der Waals surface area contributed by atoms with E-state index >= 15 is 0 Å². The van der Waals surface area contributed by atoms with Crippen molar-refractivity contribution < 1.29 is 0 Å². The Hall–Kier alpha value is -1.61. The van der Waals surface area contributed by atoms with E-state index in [1.54, 1.807) is 0 Å². The van der Waals surface area contributed by atoms with Gasteiger partial charge in [-0.05, 0) is 40.2 Å². The second-order valence-electron chi connectivity index (χ2n) is 3.59. The van der Waals surface area contributed by atoms with Gasteiger partial charge < -0.3 is 4.57 Å². The van der Waals surface area contributed by atoms with Gasteiger partial charge in [0.2, 0.25) is 0 Å². The van der Waals surface area contributed by atoms with Gasteiger partial charge >= 0.3 is 0 Å². The Kier molecular flexibility index (Phi) is 2.26. The van der Waals surface area contributed by atoms with Crippen LogP contribution in [0.5, 0.6) is 0 Å². The molecule has 0 radical (unpaired) electrons. The average molecular weight is 273 g/mol. The average Bonchev–Trinajstić information content (AvgIpc) is 2.81. The Bertz CT molecular complexity index is 629. The summed E-state index contributed by atoms with van der Waals surface area (Å²) in [4.78, 5) is 4.47. The molecule has 0 aliphatic carbocycles. The van der Waals surface area contributed by atoms with Crippen molar-refractivity contribution in [1.29, 1.82) is 0 Å². The summed E-state index contributed by atoms with van der Waals surface area (Å²) < 4.78 is 3.08. The summed E-state index contributed by atoms with van der Waals surface area (Å²) in [5, 5.41) is 1.14. The molecule has 3 heteroatoms. The highest BCUT2D eigenvalue weighted by atomic mass is 79.9. The molecule has 0 atom stereocenters. The Morgan fingerprint density at radius 1 is 1.06 bits per heavy atom. The zero-order valence-corrected chi connectivity index (χ0v) is 10.1. The molecule has 2 heterocycles. The third-order valence-electron chi connectivity index (χ3n) is 2.54. The first-order chi connectivity index (χ1) is 7.84. The van der Waals surface area contributed by atoms with Crippen LogP contribution in [-0.4, -0.2) is 9.55 Å². The summed E-state index contributed by atoms with van der Waals surface area (Å²) >= 11 is 3.44. The first kappa shape index (κ1) is 9.60. The first-order valence-corrected chi connectivity index (χ1v) is 5.81. The van der Waals surface area contributed by atoms with Gasteiger partial charge in [-0.1, -0.05) is 12.1 Å². The fraction of sp³-hybridized carbons (Fsp3) is 0. The lowest BCUT2D eigenvalue weighted by atomic mass is 10.2. The lowest BCUT2D eigenvalue weighted by Crippen LogP contribution is -1.92. The molecule has 0 aliphatic heterocycles. The number of halogens is 1. The number of benzene rings is 1. The van der Waals surface area contributed by atoms with E-state index in [0.29, 0.717) is 0 Å². The Balaban J connectivity index is 2.34. The Labute approximate surface area is 102 Å².